The van der Waals surface area contributed by atoms with Crippen LogP contribution in [0, 0.1) is 0 Å². The Bertz CT molecular complexity index is 1330. The van der Waals surface area contributed by atoms with Crippen LogP contribution in [0.1, 0.15) is 16.3 Å². The summed E-state index contributed by atoms with van der Waals surface area (Å²) >= 11 is 6.15. The van der Waals surface area contributed by atoms with Crippen molar-refractivity contribution in [3.05, 3.63) is 81.8 Å². The number of furan rings is 1. The lowest BCUT2D eigenvalue weighted by atomic mass is 10.2. The van der Waals surface area contributed by atoms with Crippen LogP contribution < -0.4 is 20.3 Å². The maximum absolute atomic E-state index is 12.6. The Morgan fingerprint density at radius 3 is 2.68 bits per heavy atom. The van der Waals surface area contributed by atoms with Gasteiger partial charge in [0.2, 0.25) is 0 Å². The number of amides is 1. The van der Waals surface area contributed by atoms with Gasteiger partial charge in [0.05, 0.1) is 48.7 Å². The summed E-state index contributed by atoms with van der Waals surface area (Å²) < 4.78 is 17.5. The lowest BCUT2D eigenvalue weighted by Gasteiger charge is -2.12. The molecule has 0 bridgehead atoms. The Balaban J connectivity index is 1.54. The van der Waals surface area contributed by atoms with Gasteiger partial charge in [-0.05, 0) is 30.3 Å². The first kappa shape index (κ1) is 20.5. The van der Waals surface area contributed by atoms with Gasteiger partial charge in [0.25, 0.3) is 11.5 Å². The molecule has 0 atom stereocenters. The third-order valence-electron chi connectivity index (χ3n) is 4.67. The Kier molecular flexibility index (Phi) is 5.64. The average Bonchev–Trinajstić information content (AvgIpc) is 3.25. The molecule has 4 rings (SSSR count). The van der Waals surface area contributed by atoms with Crippen molar-refractivity contribution in [1.82, 2.24) is 9.55 Å². The Hall–Kier alpha value is -3.78. The van der Waals surface area contributed by atoms with Gasteiger partial charge in [0.1, 0.15) is 17.3 Å². The maximum atomic E-state index is 12.6. The van der Waals surface area contributed by atoms with Crippen molar-refractivity contribution in [1.29, 1.82) is 0 Å². The van der Waals surface area contributed by atoms with Gasteiger partial charge in [0.15, 0.2) is 5.76 Å². The van der Waals surface area contributed by atoms with Crippen LogP contribution >= 0.6 is 11.6 Å². The molecule has 0 spiro atoms. The monoisotopic (exact) mass is 439 g/mol. The molecule has 0 fully saturated rings. The van der Waals surface area contributed by atoms with E-state index in [1.54, 1.807) is 30.3 Å². The highest BCUT2D eigenvalue weighted by Gasteiger charge is 2.17. The topological polar surface area (TPSA) is 95.6 Å². The fourth-order valence-electron chi connectivity index (χ4n) is 3.11. The lowest BCUT2D eigenvalue weighted by molar-refractivity contribution is 0.0994. The molecule has 2 heterocycles. The van der Waals surface area contributed by atoms with E-state index in [1.807, 2.05) is 6.07 Å². The van der Waals surface area contributed by atoms with E-state index in [0.717, 1.165) is 0 Å². The number of ether oxygens (including phenoxy) is 2. The summed E-state index contributed by atoms with van der Waals surface area (Å²) in [4.78, 5) is 29.6. The predicted octanol–water partition coefficient (Wildman–Crippen LogP) is 3.96. The van der Waals surface area contributed by atoms with Crippen LogP contribution in [-0.2, 0) is 6.54 Å². The fraction of sp³-hybridized carbons (Fsp3) is 0.136. The molecule has 0 saturated heterocycles. The maximum Gasteiger partial charge on any atom is 0.291 e. The quantitative estimate of drug-likeness (QED) is 0.488. The van der Waals surface area contributed by atoms with E-state index < -0.39 is 5.91 Å². The van der Waals surface area contributed by atoms with Gasteiger partial charge >= 0.3 is 0 Å². The Morgan fingerprint density at radius 2 is 1.90 bits per heavy atom. The number of carbonyl (C=O) groups excluding carboxylic acids is 1. The minimum atomic E-state index is -0.491. The lowest BCUT2D eigenvalue weighted by Crippen LogP contribution is -2.20. The molecule has 158 valence electrons. The molecule has 1 amide bonds. The number of nitrogens with zero attached hydrogens (tertiary/aromatic N) is 2. The molecule has 0 radical (unpaired) electrons. The summed E-state index contributed by atoms with van der Waals surface area (Å²) in [5.74, 6) is 0.825. The summed E-state index contributed by atoms with van der Waals surface area (Å²) in [5.41, 5.74) is 0.798. The van der Waals surface area contributed by atoms with Crippen molar-refractivity contribution in [2.24, 2.45) is 0 Å². The second-order valence-corrected chi connectivity index (χ2v) is 7.01. The number of halogens is 1. The molecule has 0 aliphatic heterocycles. The molecule has 2 aromatic heterocycles. The number of rotatable bonds is 6. The van der Waals surface area contributed by atoms with Crippen LogP contribution in [0.3, 0.4) is 0 Å². The van der Waals surface area contributed by atoms with Crippen LogP contribution in [-0.4, -0.2) is 29.7 Å². The van der Waals surface area contributed by atoms with Crippen LogP contribution in [0.2, 0.25) is 5.02 Å². The van der Waals surface area contributed by atoms with Gasteiger partial charge in [-0.3, -0.25) is 14.2 Å². The standard InChI is InChI=1S/C22H18ClN3O5/c1-29-19-10-20(30-2)17(9-15(19)23)25-21(27)18-8-7-13(31-18)11-26-12-24-16-6-4-3-5-14(16)22(26)28/h3-10,12H,11H2,1-2H3,(H,25,27). The van der Waals surface area contributed by atoms with Gasteiger partial charge in [-0.1, -0.05) is 23.7 Å². The van der Waals surface area contributed by atoms with E-state index in [9.17, 15) is 9.59 Å². The van der Waals surface area contributed by atoms with Gasteiger partial charge < -0.3 is 19.2 Å². The number of para-hydroxylation sites is 1. The minimum Gasteiger partial charge on any atom is -0.495 e. The number of hydrogen-bond acceptors (Lipinski definition) is 6. The number of carbonyl (C=O) groups is 1. The smallest absolute Gasteiger partial charge is 0.291 e. The molecule has 8 nitrogen and oxygen atoms in total. The third-order valence-corrected chi connectivity index (χ3v) is 4.96. The van der Waals surface area contributed by atoms with E-state index in [2.05, 4.69) is 10.3 Å². The second-order valence-electron chi connectivity index (χ2n) is 6.60. The molecule has 1 N–H and O–H groups in total. The van der Waals surface area contributed by atoms with E-state index in [1.165, 1.54) is 37.2 Å². The van der Waals surface area contributed by atoms with Crippen molar-refractivity contribution >= 4 is 34.1 Å². The number of fused-ring (bicyclic) bond motifs is 1. The van der Waals surface area contributed by atoms with Crippen LogP contribution in [0.4, 0.5) is 5.69 Å². The van der Waals surface area contributed by atoms with E-state index in [-0.39, 0.29) is 17.9 Å². The summed E-state index contributed by atoms with van der Waals surface area (Å²) in [6.07, 6.45) is 1.46. The SMILES string of the molecule is COc1cc(OC)c(NC(=O)c2ccc(Cn3cnc4ccccc4c3=O)o2)cc1Cl. The van der Waals surface area contributed by atoms with Crippen molar-refractivity contribution in [3.8, 4) is 11.5 Å². The highest BCUT2D eigenvalue weighted by molar-refractivity contribution is 6.32. The molecule has 4 aromatic rings. The summed E-state index contributed by atoms with van der Waals surface area (Å²) in [5, 5.41) is 3.54. The molecule has 0 aliphatic rings. The molecule has 31 heavy (non-hydrogen) atoms. The molecule has 2 aromatic carbocycles. The molecule has 0 aliphatic carbocycles. The number of methoxy groups -OCH3 is 2. The van der Waals surface area contributed by atoms with E-state index >= 15 is 0 Å². The zero-order chi connectivity index (χ0) is 22.0. The first-order valence-electron chi connectivity index (χ1n) is 9.26. The molecular formula is C22H18ClN3O5. The Morgan fingerprint density at radius 1 is 1.13 bits per heavy atom. The molecule has 9 heteroatoms. The van der Waals surface area contributed by atoms with Crippen molar-refractivity contribution in [2.45, 2.75) is 6.54 Å². The average molecular weight is 440 g/mol. The summed E-state index contributed by atoms with van der Waals surface area (Å²) in [6, 6.07) is 13.4. The predicted molar refractivity (Wildman–Crippen MR) is 116 cm³/mol. The van der Waals surface area contributed by atoms with Crippen molar-refractivity contribution in [2.75, 3.05) is 19.5 Å². The third kappa shape index (κ3) is 4.10. The van der Waals surface area contributed by atoms with Gasteiger partial charge in [0, 0.05) is 6.07 Å². The van der Waals surface area contributed by atoms with Crippen LogP contribution in [0.25, 0.3) is 10.9 Å². The number of benzene rings is 2. The molecular weight excluding hydrogens is 422 g/mol. The van der Waals surface area contributed by atoms with Gasteiger partial charge in [-0.25, -0.2) is 4.98 Å². The van der Waals surface area contributed by atoms with Crippen molar-refractivity contribution < 1.29 is 18.7 Å². The first-order chi connectivity index (χ1) is 15.0. The summed E-state index contributed by atoms with van der Waals surface area (Å²) in [6.45, 7) is 0.141. The normalized spacial score (nSPS) is 10.8. The van der Waals surface area contributed by atoms with Gasteiger partial charge in [-0.15, -0.1) is 0 Å². The molecule has 0 saturated carbocycles. The highest BCUT2D eigenvalue weighted by Crippen LogP contribution is 2.36. The minimum absolute atomic E-state index is 0.0748. The van der Waals surface area contributed by atoms with Crippen LogP contribution in [0.15, 0.2) is 64.1 Å². The fourth-order valence-corrected chi connectivity index (χ4v) is 3.35. The highest BCUT2D eigenvalue weighted by atomic mass is 35.5. The van der Waals surface area contributed by atoms with E-state index in [0.29, 0.717) is 38.9 Å². The number of aromatic nitrogens is 2. The summed E-state index contributed by atoms with van der Waals surface area (Å²) in [7, 11) is 2.96. The zero-order valence-electron chi connectivity index (χ0n) is 16.7. The molecule has 0 unspecified atom stereocenters. The first-order valence-corrected chi connectivity index (χ1v) is 9.63. The Labute approximate surface area is 182 Å². The van der Waals surface area contributed by atoms with E-state index in [4.69, 9.17) is 25.5 Å². The number of anilines is 1. The van der Waals surface area contributed by atoms with Gasteiger partial charge in [-0.2, -0.15) is 0 Å². The largest absolute Gasteiger partial charge is 0.495 e. The number of nitrogens with one attached hydrogen (secondary N) is 1. The van der Waals surface area contributed by atoms with Crippen LogP contribution in [0.5, 0.6) is 11.5 Å². The van der Waals surface area contributed by atoms with Crippen molar-refractivity contribution in [3.63, 3.8) is 0 Å². The zero-order valence-corrected chi connectivity index (χ0v) is 17.5. The second kappa shape index (κ2) is 8.53. The number of hydrogen-bond donors (Lipinski definition) is 1.